The van der Waals surface area contributed by atoms with Crippen LogP contribution in [0.3, 0.4) is 0 Å². The molecule has 0 amide bonds. The Morgan fingerprint density at radius 2 is 1.62 bits per heavy atom. The van der Waals surface area contributed by atoms with Crippen molar-refractivity contribution < 1.29 is 13.2 Å². The van der Waals surface area contributed by atoms with E-state index in [9.17, 15) is 13.2 Å². The first kappa shape index (κ1) is 22.2. The van der Waals surface area contributed by atoms with Crippen molar-refractivity contribution in [2.75, 3.05) is 6.54 Å². The van der Waals surface area contributed by atoms with Gasteiger partial charge in [0.1, 0.15) is 0 Å². The predicted molar refractivity (Wildman–Crippen MR) is 93.7 cm³/mol. The van der Waals surface area contributed by atoms with Gasteiger partial charge in [0.25, 0.3) is 0 Å². The van der Waals surface area contributed by atoms with Gasteiger partial charge in [0.15, 0.2) is 12.0 Å². The van der Waals surface area contributed by atoms with E-state index in [1.54, 1.807) is 0 Å². The highest BCUT2D eigenvalue weighted by Gasteiger charge is 2.39. The lowest BCUT2D eigenvalue weighted by Gasteiger charge is -2.16. The fourth-order valence-electron chi connectivity index (χ4n) is 1.66. The number of nitrogens with one attached hydrogen (secondary N) is 1. The number of aliphatic imine (C=N–C) groups is 1. The van der Waals surface area contributed by atoms with E-state index in [0.717, 1.165) is 17.0 Å². The molecule has 7 heteroatoms. The summed E-state index contributed by atoms with van der Waals surface area (Å²) < 4.78 is 37.9. The fourth-order valence-corrected chi connectivity index (χ4v) is 1.66. The average molecular weight is 346 g/mol. The number of benzene rings is 1. The van der Waals surface area contributed by atoms with Crippen molar-refractivity contribution in [3.05, 3.63) is 35.4 Å². The molecule has 0 spiro atoms. The lowest BCUT2D eigenvalue weighted by Crippen LogP contribution is -2.35. The van der Waals surface area contributed by atoms with Crippen molar-refractivity contribution in [3.63, 3.8) is 0 Å². The van der Waals surface area contributed by atoms with E-state index < -0.39 is 18.2 Å². The van der Waals surface area contributed by atoms with Crippen LogP contribution >= 0.6 is 0 Å². The molecule has 0 saturated heterocycles. The summed E-state index contributed by atoms with van der Waals surface area (Å²) in [6, 6.07) is 5.90. The van der Waals surface area contributed by atoms with Crippen LogP contribution in [0.4, 0.5) is 13.2 Å². The minimum absolute atomic E-state index is 0.175. The minimum Gasteiger partial charge on any atom is -0.370 e. The summed E-state index contributed by atoms with van der Waals surface area (Å²) in [5, 5.41) is 2.95. The smallest absolute Gasteiger partial charge is 0.370 e. The lowest BCUT2D eigenvalue weighted by atomic mass is 10.1. The Balaban J connectivity index is 0.00000118. The maximum Gasteiger partial charge on any atom is 0.410 e. The van der Waals surface area contributed by atoms with E-state index in [1.807, 2.05) is 31.2 Å². The van der Waals surface area contributed by atoms with E-state index in [0.29, 0.717) is 6.54 Å². The first-order chi connectivity index (χ1) is 11.0. The van der Waals surface area contributed by atoms with Gasteiger partial charge in [-0.05, 0) is 31.4 Å². The molecular formula is C17H29F3N4. The number of guanidine groups is 1. The second kappa shape index (κ2) is 10.9. The van der Waals surface area contributed by atoms with Gasteiger partial charge in [-0.1, -0.05) is 50.6 Å². The van der Waals surface area contributed by atoms with Crippen molar-refractivity contribution in [1.82, 2.24) is 5.32 Å². The van der Waals surface area contributed by atoms with Crippen LogP contribution in [0.5, 0.6) is 0 Å². The number of aryl methyl sites for hydroxylation is 1. The molecule has 0 aliphatic rings. The van der Waals surface area contributed by atoms with E-state index in [1.165, 1.54) is 0 Å². The molecule has 24 heavy (non-hydrogen) atoms. The van der Waals surface area contributed by atoms with Crippen LogP contribution < -0.4 is 16.8 Å². The van der Waals surface area contributed by atoms with Gasteiger partial charge in [-0.15, -0.1) is 0 Å². The summed E-state index contributed by atoms with van der Waals surface area (Å²) in [5.41, 5.74) is 12.2. The molecule has 0 aliphatic heterocycles. The Kier molecular flexibility index (Phi) is 10.1. The SMILES string of the molecule is CC(C)C.Cc1ccc(CNCCC(N=C(N)N)C(F)(F)F)cc1. The third-order valence-corrected chi connectivity index (χ3v) is 2.73. The van der Waals surface area contributed by atoms with E-state index in [-0.39, 0.29) is 13.0 Å². The molecule has 0 bridgehead atoms. The number of hydrogen-bond donors (Lipinski definition) is 3. The van der Waals surface area contributed by atoms with Gasteiger partial charge in [-0.25, -0.2) is 4.99 Å². The average Bonchev–Trinajstić information content (AvgIpc) is 2.42. The largest absolute Gasteiger partial charge is 0.410 e. The number of rotatable bonds is 6. The van der Waals surface area contributed by atoms with E-state index >= 15 is 0 Å². The van der Waals surface area contributed by atoms with Crippen LogP contribution in [-0.4, -0.2) is 24.7 Å². The number of nitrogens with two attached hydrogens (primary N) is 2. The molecule has 1 aromatic carbocycles. The summed E-state index contributed by atoms with van der Waals surface area (Å²) in [6.45, 7) is 9.15. The Morgan fingerprint density at radius 1 is 1.12 bits per heavy atom. The van der Waals surface area contributed by atoms with Crippen LogP contribution in [0.25, 0.3) is 0 Å². The molecule has 4 nitrogen and oxygen atoms in total. The number of alkyl halides is 3. The summed E-state index contributed by atoms with van der Waals surface area (Å²) in [5.74, 6) is 0.283. The number of nitrogens with zero attached hydrogens (tertiary/aromatic N) is 1. The first-order valence-electron chi connectivity index (χ1n) is 7.94. The zero-order valence-electron chi connectivity index (χ0n) is 14.8. The summed E-state index contributed by atoms with van der Waals surface area (Å²) in [7, 11) is 0. The number of hydrogen-bond acceptors (Lipinski definition) is 2. The molecule has 0 aliphatic carbocycles. The van der Waals surface area contributed by atoms with Gasteiger partial charge in [0, 0.05) is 6.54 Å². The first-order valence-corrected chi connectivity index (χ1v) is 7.94. The van der Waals surface area contributed by atoms with Crippen LogP contribution in [0.15, 0.2) is 29.3 Å². The lowest BCUT2D eigenvalue weighted by molar-refractivity contribution is -0.147. The molecule has 0 radical (unpaired) electrons. The molecule has 0 heterocycles. The van der Waals surface area contributed by atoms with Gasteiger partial charge in [-0.2, -0.15) is 13.2 Å². The van der Waals surface area contributed by atoms with Crippen LogP contribution in [0, 0.1) is 12.8 Å². The van der Waals surface area contributed by atoms with Crippen LogP contribution in [-0.2, 0) is 6.54 Å². The van der Waals surface area contributed by atoms with Gasteiger partial charge in [0.2, 0.25) is 0 Å². The molecule has 1 aromatic rings. The molecule has 138 valence electrons. The minimum atomic E-state index is -4.43. The third kappa shape index (κ3) is 11.8. The molecule has 1 rings (SSSR count). The molecular weight excluding hydrogens is 317 g/mol. The van der Waals surface area contributed by atoms with Crippen LogP contribution in [0.1, 0.15) is 38.3 Å². The van der Waals surface area contributed by atoms with Gasteiger partial charge in [0.05, 0.1) is 0 Å². The van der Waals surface area contributed by atoms with Crippen molar-refractivity contribution in [3.8, 4) is 0 Å². The normalized spacial score (nSPS) is 12.3. The zero-order valence-corrected chi connectivity index (χ0v) is 14.8. The Morgan fingerprint density at radius 3 is 2.04 bits per heavy atom. The second-order valence-electron chi connectivity index (χ2n) is 6.29. The highest BCUT2D eigenvalue weighted by atomic mass is 19.4. The molecule has 1 unspecified atom stereocenters. The van der Waals surface area contributed by atoms with Crippen molar-refractivity contribution in [2.24, 2.45) is 22.4 Å². The Hall–Kier alpha value is -1.76. The third-order valence-electron chi connectivity index (χ3n) is 2.73. The fraction of sp³-hybridized carbons (Fsp3) is 0.588. The summed E-state index contributed by atoms with van der Waals surface area (Å²) in [4.78, 5) is 3.21. The topological polar surface area (TPSA) is 76.4 Å². The monoisotopic (exact) mass is 346 g/mol. The molecule has 1 atom stereocenters. The van der Waals surface area contributed by atoms with Crippen molar-refractivity contribution in [1.29, 1.82) is 0 Å². The number of halogens is 3. The van der Waals surface area contributed by atoms with Gasteiger partial charge in [-0.3, -0.25) is 0 Å². The van der Waals surface area contributed by atoms with E-state index in [2.05, 4.69) is 31.1 Å². The predicted octanol–water partition coefficient (Wildman–Crippen LogP) is 3.34. The van der Waals surface area contributed by atoms with Crippen molar-refractivity contribution >= 4 is 5.96 Å². The summed E-state index contributed by atoms with van der Waals surface area (Å²) in [6.07, 6.45) is -4.64. The van der Waals surface area contributed by atoms with Gasteiger partial charge < -0.3 is 16.8 Å². The van der Waals surface area contributed by atoms with Crippen LogP contribution in [0.2, 0.25) is 0 Å². The standard InChI is InChI=1S/C13H19F3N4.C4H10/c1-9-2-4-10(5-3-9)8-19-7-6-11(13(14,15)16)20-12(17)18;1-4(2)3/h2-5,11,19H,6-8H2,1H3,(H4,17,18,20);4H,1-3H3. The Bertz CT molecular complexity index is 475. The summed E-state index contributed by atoms with van der Waals surface area (Å²) >= 11 is 0. The molecule has 5 N–H and O–H groups in total. The maximum absolute atomic E-state index is 12.6. The highest BCUT2D eigenvalue weighted by molar-refractivity contribution is 5.75. The Labute approximate surface area is 142 Å². The highest BCUT2D eigenvalue weighted by Crippen LogP contribution is 2.24. The zero-order chi connectivity index (χ0) is 18.8. The van der Waals surface area contributed by atoms with Gasteiger partial charge >= 0.3 is 6.18 Å². The maximum atomic E-state index is 12.6. The molecule has 0 saturated carbocycles. The quantitative estimate of drug-likeness (QED) is 0.420. The van der Waals surface area contributed by atoms with E-state index in [4.69, 9.17) is 11.5 Å². The molecule has 0 aromatic heterocycles. The van der Waals surface area contributed by atoms with Crippen molar-refractivity contribution in [2.45, 2.75) is 52.9 Å². The molecule has 0 fully saturated rings. The second-order valence-corrected chi connectivity index (χ2v) is 6.29.